The summed E-state index contributed by atoms with van der Waals surface area (Å²) in [5.41, 5.74) is 4.32. The molecule has 0 amide bonds. The van der Waals surface area contributed by atoms with Crippen LogP contribution in [-0.4, -0.2) is 10.4 Å². The van der Waals surface area contributed by atoms with Gasteiger partial charge in [-0.05, 0) is 61.9 Å². The SMILES string of the molecule is CC(/C=C/c1c(-c2ccc(F)cc2)c2ccccc2n1C(C)C)CC(C)CC(=O)C#N. The molecule has 0 aliphatic heterocycles. The summed E-state index contributed by atoms with van der Waals surface area (Å²) < 4.78 is 15.9. The van der Waals surface area contributed by atoms with Crippen LogP contribution in [0.2, 0.25) is 0 Å². The fourth-order valence-electron chi connectivity index (χ4n) is 4.34. The number of hydrogen-bond acceptors (Lipinski definition) is 2. The number of Topliss-reactive ketones (excluding diaryl/α,β-unsaturated/α-hetero) is 1. The number of rotatable bonds is 8. The molecule has 3 nitrogen and oxygen atoms in total. The van der Waals surface area contributed by atoms with Gasteiger partial charge in [-0.25, -0.2) is 4.39 Å². The Morgan fingerprint density at radius 2 is 1.77 bits per heavy atom. The fourth-order valence-corrected chi connectivity index (χ4v) is 4.34. The van der Waals surface area contributed by atoms with E-state index in [9.17, 15) is 9.18 Å². The van der Waals surface area contributed by atoms with E-state index in [2.05, 4.69) is 49.6 Å². The Labute approximate surface area is 183 Å². The van der Waals surface area contributed by atoms with Gasteiger partial charge in [0.25, 0.3) is 0 Å². The summed E-state index contributed by atoms with van der Waals surface area (Å²) in [4.78, 5) is 11.4. The van der Waals surface area contributed by atoms with Gasteiger partial charge in [0.1, 0.15) is 11.9 Å². The lowest BCUT2D eigenvalue weighted by atomic mass is 9.92. The van der Waals surface area contributed by atoms with Crippen molar-refractivity contribution < 1.29 is 9.18 Å². The zero-order valence-corrected chi connectivity index (χ0v) is 18.6. The molecule has 4 heteroatoms. The zero-order chi connectivity index (χ0) is 22.5. The highest BCUT2D eigenvalue weighted by Gasteiger charge is 2.19. The second kappa shape index (κ2) is 9.75. The van der Waals surface area contributed by atoms with Crippen molar-refractivity contribution in [3.8, 4) is 17.2 Å². The summed E-state index contributed by atoms with van der Waals surface area (Å²) in [6.07, 6.45) is 5.45. The van der Waals surface area contributed by atoms with Crippen LogP contribution >= 0.6 is 0 Å². The first-order chi connectivity index (χ1) is 14.8. The molecule has 160 valence electrons. The summed E-state index contributed by atoms with van der Waals surface area (Å²) in [7, 11) is 0. The number of fused-ring (bicyclic) bond motifs is 1. The zero-order valence-electron chi connectivity index (χ0n) is 18.6. The van der Waals surface area contributed by atoms with E-state index in [1.165, 1.54) is 12.1 Å². The van der Waals surface area contributed by atoms with Crippen LogP contribution in [-0.2, 0) is 4.79 Å². The molecule has 0 spiro atoms. The Bertz CT molecular complexity index is 1130. The van der Waals surface area contributed by atoms with Gasteiger partial charge in [-0.2, -0.15) is 5.26 Å². The summed E-state index contributed by atoms with van der Waals surface area (Å²) in [6.45, 7) is 8.47. The van der Waals surface area contributed by atoms with Crippen molar-refractivity contribution in [3.05, 3.63) is 66.1 Å². The number of nitriles is 1. The number of benzene rings is 2. The van der Waals surface area contributed by atoms with Crippen molar-refractivity contribution in [3.63, 3.8) is 0 Å². The first-order valence-electron chi connectivity index (χ1n) is 10.8. The molecule has 3 rings (SSSR count). The van der Waals surface area contributed by atoms with Gasteiger partial charge in [0.2, 0.25) is 5.78 Å². The molecule has 2 unspecified atom stereocenters. The Morgan fingerprint density at radius 1 is 1.10 bits per heavy atom. The maximum Gasteiger partial charge on any atom is 0.232 e. The first kappa shape index (κ1) is 22.5. The normalized spacial score (nSPS) is 13.6. The average Bonchev–Trinajstić information content (AvgIpc) is 3.07. The number of halogens is 1. The molecule has 0 N–H and O–H groups in total. The van der Waals surface area contributed by atoms with E-state index in [0.717, 1.165) is 34.1 Å². The summed E-state index contributed by atoms with van der Waals surface area (Å²) >= 11 is 0. The molecular formula is C27H29FN2O. The van der Waals surface area contributed by atoms with E-state index in [1.54, 1.807) is 6.07 Å². The van der Waals surface area contributed by atoms with Crippen molar-refractivity contribution in [2.24, 2.45) is 11.8 Å². The van der Waals surface area contributed by atoms with Crippen LogP contribution in [0.4, 0.5) is 4.39 Å². The molecule has 0 saturated heterocycles. The van der Waals surface area contributed by atoms with Crippen molar-refractivity contribution in [2.45, 2.75) is 46.6 Å². The number of aromatic nitrogens is 1. The molecule has 1 heterocycles. The van der Waals surface area contributed by atoms with E-state index < -0.39 is 0 Å². The third kappa shape index (κ3) is 5.11. The van der Waals surface area contributed by atoms with Gasteiger partial charge in [-0.1, -0.05) is 50.3 Å². The highest BCUT2D eigenvalue weighted by Crippen LogP contribution is 2.38. The number of ketones is 1. The Hall–Kier alpha value is -3.19. The van der Waals surface area contributed by atoms with E-state index >= 15 is 0 Å². The molecule has 2 atom stereocenters. The lowest BCUT2D eigenvalue weighted by Gasteiger charge is -2.15. The maximum atomic E-state index is 13.6. The topological polar surface area (TPSA) is 45.8 Å². The number of carbonyl (C=O) groups excluding carboxylic acids is 1. The van der Waals surface area contributed by atoms with Crippen LogP contribution in [0.25, 0.3) is 28.1 Å². The van der Waals surface area contributed by atoms with Gasteiger partial charge < -0.3 is 4.57 Å². The maximum absolute atomic E-state index is 13.6. The molecule has 0 aliphatic carbocycles. The van der Waals surface area contributed by atoms with Crippen LogP contribution in [0.1, 0.15) is 52.3 Å². The highest BCUT2D eigenvalue weighted by molar-refractivity contribution is 6.01. The molecule has 0 fully saturated rings. The van der Waals surface area contributed by atoms with Gasteiger partial charge in [-0.3, -0.25) is 4.79 Å². The molecule has 0 radical (unpaired) electrons. The molecule has 1 aromatic heterocycles. The number of para-hydroxylation sites is 1. The van der Waals surface area contributed by atoms with Gasteiger partial charge in [-0.15, -0.1) is 0 Å². The molecule has 31 heavy (non-hydrogen) atoms. The van der Waals surface area contributed by atoms with Crippen LogP contribution < -0.4 is 0 Å². The second-order valence-corrected chi connectivity index (χ2v) is 8.66. The molecule has 2 aromatic carbocycles. The largest absolute Gasteiger partial charge is 0.338 e. The predicted molar refractivity (Wildman–Crippen MR) is 125 cm³/mol. The van der Waals surface area contributed by atoms with Crippen molar-refractivity contribution in [1.82, 2.24) is 4.57 Å². The summed E-state index contributed by atoms with van der Waals surface area (Å²) in [6, 6.07) is 16.9. The Balaban J connectivity index is 2.04. The monoisotopic (exact) mass is 416 g/mol. The van der Waals surface area contributed by atoms with Gasteiger partial charge in [0, 0.05) is 34.6 Å². The molecule has 0 bridgehead atoms. The van der Waals surface area contributed by atoms with Gasteiger partial charge >= 0.3 is 0 Å². The number of carbonyl (C=O) groups is 1. The summed E-state index contributed by atoms with van der Waals surface area (Å²) in [5.74, 6) is -0.203. The third-order valence-electron chi connectivity index (χ3n) is 5.61. The lowest BCUT2D eigenvalue weighted by molar-refractivity contribution is -0.114. The predicted octanol–water partition coefficient (Wildman–Crippen LogP) is 7.19. The minimum Gasteiger partial charge on any atom is -0.338 e. The molecular weight excluding hydrogens is 387 g/mol. The molecule has 0 saturated carbocycles. The average molecular weight is 417 g/mol. The first-order valence-corrected chi connectivity index (χ1v) is 10.8. The third-order valence-corrected chi connectivity index (χ3v) is 5.61. The number of allylic oxidation sites excluding steroid dienone is 1. The Kier molecular flexibility index (Phi) is 7.07. The standard InChI is InChI=1S/C27H29FN2O/c1-18(2)30-25-8-6-5-7-24(25)27(21-10-12-22(28)13-11-21)26(30)14-9-19(3)15-20(4)16-23(31)17-29/h5-14,18-20H,15-16H2,1-4H3/b14-9+. The summed E-state index contributed by atoms with van der Waals surface area (Å²) in [5, 5.41) is 9.88. The minimum atomic E-state index is -0.359. The molecule has 0 aliphatic rings. The smallest absolute Gasteiger partial charge is 0.232 e. The van der Waals surface area contributed by atoms with Crippen LogP contribution in [0, 0.1) is 29.0 Å². The van der Waals surface area contributed by atoms with Crippen molar-refractivity contribution in [1.29, 1.82) is 5.26 Å². The van der Waals surface area contributed by atoms with Gasteiger partial charge in [0.05, 0.1) is 0 Å². The second-order valence-electron chi connectivity index (χ2n) is 8.66. The fraction of sp³-hybridized carbons (Fsp3) is 0.333. The van der Waals surface area contributed by atoms with Gasteiger partial charge in [0.15, 0.2) is 0 Å². The number of hydrogen-bond donors (Lipinski definition) is 0. The van der Waals surface area contributed by atoms with Crippen LogP contribution in [0.3, 0.4) is 0 Å². The van der Waals surface area contributed by atoms with Crippen LogP contribution in [0.5, 0.6) is 0 Å². The van der Waals surface area contributed by atoms with E-state index in [4.69, 9.17) is 5.26 Å². The highest BCUT2D eigenvalue weighted by atomic mass is 19.1. The lowest BCUT2D eigenvalue weighted by Crippen LogP contribution is -2.07. The number of nitrogens with zero attached hydrogens (tertiary/aromatic N) is 2. The van der Waals surface area contributed by atoms with Crippen molar-refractivity contribution >= 4 is 22.8 Å². The van der Waals surface area contributed by atoms with Crippen molar-refractivity contribution in [2.75, 3.05) is 0 Å². The van der Waals surface area contributed by atoms with E-state index in [0.29, 0.717) is 6.42 Å². The molecule has 3 aromatic rings. The Morgan fingerprint density at radius 3 is 2.42 bits per heavy atom. The quantitative estimate of drug-likeness (QED) is 0.365. The minimum absolute atomic E-state index is 0.152. The van der Waals surface area contributed by atoms with E-state index in [1.807, 2.05) is 31.2 Å². The van der Waals surface area contributed by atoms with E-state index in [-0.39, 0.29) is 29.5 Å². The van der Waals surface area contributed by atoms with Crippen LogP contribution in [0.15, 0.2) is 54.6 Å².